The van der Waals surface area contributed by atoms with Crippen molar-refractivity contribution in [2.45, 2.75) is 83.5 Å². The van der Waals surface area contributed by atoms with Crippen LogP contribution in [0.15, 0.2) is 0 Å². The molecule has 1 saturated carbocycles. The van der Waals surface area contributed by atoms with Gasteiger partial charge in [-0.15, -0.1) is 0 Å². The van der Waals surface area contributed by atoms with Crippen LogP contribution in [0.1, 0.15) is 65.7 Å². The molecule has 4 heteroatoms. The molecule has 4 nitrogen and oxygen atoms in total. The Morgan fingerprint density at radius 2 is 2.05 bits per heavy atom. The summed E-state index contributed by atoms with van der Waals surface area (Å²) in [5.74, 6) is -0.256. The summed E-state index contributed by atoms with van der Waals surface area (Å²) in [6.45, 7) is 5.54. The minimum atomic E-state index is -1.10. The molecule has 0 aromatic carbocycles. The average Bonchev–Trinajstić information content (AvgIpc) is 2.53. The van der Waals surface area contributed by atoms with E-state index in [9.17, 15) is 15.0 Å². The van der Waals surface area contributed by atoms with Crippen LogP contribution in [0.3, 0.4) is 0 Å². The number of hydrogen-bond acceptors (Lipinski definition) is 3. The first-order chi connectivity index (χ1) is 8.91. The summed E-state index contributed by atoms with van der Waals surface area (Å²) in [5, 5.41) is 19.1. The van der Waals surface area contributed by atoms with E-state index in [1.165, 1.54) is 6.42 Å². The molecule has 0 bridgehead atoms. The average molecular weight is 272 g/mol. The second-order valence-electron chi connectivity index (χ2n) is 5.95. The highest BCUT2D eigenvalue weighted by Gasteiger charge is 2.42. The predicted molar refractivity (Wildman–Crippen MR) is 74.1 cm³/mol. The number of aliphatic carboxylic acids is 1. The molecule has 1 fully saturated rings. The monoisotopic (exact) mass is 272 g/mol. The van der Waals surface area contributed by atoms with Gasteiger partial charge in [-0.1, -0.05) is 26.2 Å². The summed E-state index contributed by atoms with van der Waals surface area (Å²) in [7, 11) is 0. The highest BCUT2D eigenvalue weighted by atomic mass is 16.5. The lowest BCUT2D eigenvalue weighted by atomic mass is 9.91. The molecule has 1 aliphatic rings. The Morgan fingerprint density at radius 1 is 1.37 bits per heavy atom. The van der Waals surface area contributed by atoms with Crippen molar-refractivity contribution in [1.29, 1.82) is 0 Å². The zero-order chi connectivity index (χ0) is 14.5. The molecule has 0 heterocycles. The van der Waals surface area contributed by atoms with Crippen LogP contribution in [-0.2, 0) is 9.53 Å². The van der Waals surface area contributed by atoms with Crippen LogP contribution in [0, 0.1) is 5.92 Å². The lowest BCUT2D eigenvalue weighted by Gasteiger charge is -2.32. The van der Waals surface area contributed by atoms with Gasteiger partial charge in [0.25, 0.3) is 0 Å². The molecule has 2 N–H and O–H groups in total. The van der Waals surface area contributed by atoms with E-state index >= 15 is 0 Å². The van der Waals surface area contributed by atoms with Crippen molar-refractivity contribution >= 4 is 5.97 Å². The number of rotatable bonds is 6. The summed E-state index contributed by atoms with van der Waals surface area (Å²) in [4.78, 5) is 11.6. The molecule has 0 aliphatic heterocycles. The summed E-state index contributed by atoms with van der Waals surface area (Å²) in [6.07, 6.45) is 5.23. The Bertz CT molecular complexity index is 290. The fourth-order valence-corrected chi connectivity index (χ4v) is 2.92. The van der Waals surface area contributed by atoms with Crippen molar-refractivity contribution in [3.8, 4) is 0 Å². The van der Waals surface area contributed by atoms with Crippen LogP contribution in [0.4, 0.5) is 0 Å². The van der Waals surface area contributed by atoms with Gasteiger partial charge in [0.1, 0.15) is 0 Å². The SMILES string of the molecule is CCCC1CCCC(OC(C)C(C)O)(C(=O)O)CC1. The summed E-state index contributed by atoms with van der Waals surface area (Å²) in [5.41, 5.74) is -1.10. The van der Waals surface area contributed by atoms with E-state index in [0.29, 0.717) is 18.8 Å². The fourth-order valence-electron chi connectivity index (χ4n) is 2.92. The van der Waals surface area contributed by atoms with Crippen LogP contribution >= 0.6 is 0 Å². The molecule has 0 saturated heterocycles. The zero-order valence-electron chi connectivity index (χ0n) is 12.4. The van der Waals surface area contributed by atoms with Crippen LogP contribution in [0.5, 0.6) is 0 Å². The van der Waals surface area contributed by atoms with E-state index in [-0.39, 0.29) is 0 Å². The van der Waals surface area contributed by atoms with Gasteiger partial charge < -0.3 is 14.9 Å². The van der Waals surface area contributed by atoms with E-state index < -0.39 is 23.8 Å². The molecule has 0 aromatic rings. The molecule has 4 unspecified atom stereocenters. The highest BCUT2D eigenvalue weighted by Crippen LogP contribution is 2.36. The first-order valence-corrected chi connectivity index (χ1v) is 7.50. The molecule has 4 atom stereocenters. The van der Waals surface area contributed by atoms with Crippen LogP contribution in [-0.4, -0.2) is 34.0 Å². The quantitative estimate of drug-likeness (QED) is 0.729. The Balaban J connectivity index is 2.74. The summed E-state index contributed by atoms with van der Waals surface area (Å²) in [6, 6.07) is 0. The molecule has 0 aromatic heterocycles. The maximum Gasteiger partial charge on any atom is 0.335 e. The van der Waals surface area contributed by atoms with E-state index in [1.807, 2.05) is 0 Å². The molecule has 0 spiro atoms. The van der Waals surface area contributed by atoms with E-state index in [0.717, 1.165) is 25.7 Å². The number of aliphatic hydroxyl groups is 1. The zero-order valence-corrected chi connectivity index (χ0v) is 12.4. The largest absolute Gasteiger partial charge is 0.479 e. The molecule has 1 rings (SSSR count). The Kier molecular flexibility index (Phi) is 6.27. The molecule has 1 aliphatic carbocycles. The van der Waals surface area contributed by atoms with Crippen molar-refractivity contribution in [3.63, 3.8) is 0 Å². The van der Waals surface area contributed by atoms with Gasteiger partial charge >= 0.3 is 5.97 Å². The maximum atomic E-state index is 11.6. The minimum absolute atomic E-state index is 0.446. The predicted octanol–water partition coefficient (Wildman–Crippen LogP) is 2.98. The Hall–Kier alpha value is -0.610. The molecule has 19 heavy (non-hydrogen) atoms. The van der Waals surface area contributed by atoms with Crippen molar-refractivity contribution in [2.75, 3.05) is 0 Å². The third-order valence-corrected chi connectivity index (χ3v) is 4.33. The van der Waals surface area contributed by atoms with E-state index in [4.69, 9.17) is 4.74 Å². The van der Waals surface area contributed by atoms with Gasteiger partial charge in [0, 0.05) is 0 Å². The summed E-state index contributed by atoms with van der Waals surface area (Å²) < 4.78 is 5.76. The lowest BCUT2D eigenvalue weighted by Crippen LogP contribution is -2.45. The van der Waals surface area contributed by atoms with Crippen molar-refractivity contribution in [1.82, 2.24) is 0 Å². The van der Waals surface area contributed by atoms with Gasteiger partial charge in [-0.05, 0) is 45.4 Å². The Morgan fingerprint density at radius 3 is 2.58 bits per heavy atom. The van der Waals surface area contributed by atoms with Gasteiger partial charge in [0.15, 0.2) is 5.60 Å². The van der Waals surface area contributed by atoms with Gasteiger partial charge in [-0.25, -0.2) is 4.79 Å². The molecule has 0 amide bonds. The second-order valence-corrected chi connectivity index (χ2v) is 5.95. The first-order valence-electron chi connectivity index (χ1n) is 7.50. The molecule has 112 valence electrons. The normalized spacial score (nSPS) is 31.5. The van der Waals surface area contributed by atoms with Crippen molar-refractivity contribution < 1.29 is 19.7 Å². The van der Waals surface area contributed by atoms with E-state index in [1.54, 1.807) is 13.8 Å². The number of carboxylic acids is 1. The number of hydrogen-bond donors (Lipinski definition) is 2. The van der Waals surface area contributed by atoms with Gasteiger partial charge in [-0.2, -0.15) is 0 Å². The third kappa shape index (κ3) is 4.46. The maximum absolute atomic E-state index is 11.6. The fraction of sp³-hybridized carbons (Fsp3) is 0.933. The van der Waals surface area contributed by atoms with Crippen LogP contribution in [0.2, 0.25) is 0 Å². The number of aliphatic hydroxyl groups excluding tert-OH is 1. The number of carboxylic acid groups (broad SMARTS) is 1. The first kappa shape index (κ1) is 16.4. The number of ether oxygens (including phenoxy) is 1. The van der Waals surface area contributed by atoms with E-state index in [2.05, 4.69) is 6.92 Å². The topological polar surface area (TPSA) is 66.8 Å². The van der Waals surface area contributed by atoms with Crippen LogP contribution < -0.4 is 0 Å². The summed E-state index contributed by atoms with van der Waals surface area (Å²) >= 11 is 0. The van der Waals surface area contributed by atoms with Gasteiger partial charge in [0.05, 0.1) is 12.2 Å². The number of carbonyl (C=O) groups is 1. The van der Waals surface area contributed by atoms with Gasteiger partial charge in [0.2, 0.25) is 0 Å². The molecular formula is C15H28O4. The third-order valence-electron chi connectivity index (χ3n) is 4.33. The highest BCUT2D eigenvalue weighted by molar-refractivity contribution is 5.77. The molecule has 0 radical (unpaired) electrons. The Labute approximate surface area is 116 Å². The van der Waals surface area contributed by atoms with Crippen LogP contribution in [0.25, 0.3) is 0 Å². The second kappa shape index (κ2) is 7.25. The van der Waals surface area contributed by atoms with Crippen molar-refractivity contribution in [2.24, 2.45) is 5.92 Å². The standard InChI is InChI=1S/C15H28O4/c1-4-6-13-7-5-9-15(10-8-13,14(17)18)19-12(3)11(2)16/h11-13,16H,4-10H2,1-3H3,(H,17,18). The molecular weight excluding hydrogens is 244 g/mol. The van der Waals surface area contributed by atoms with Gasteiger partial charge in [-0.3, -0.25) is 0 Å². The van der Waals surface area contributed by atoms with Crippen molar-refractivity contribution in [3.05, 3.63) is 0 Å². The minimum Gasteiger partial charge on any atom is -0.479 e. The smallest absolute Gasteiger partial charge is 0.335 e. The lowest BCUT2D eigenvalue weighted by molar-refractivity contribution is -0.183.